The van der Waals surface area contributed by atoms with Crippen molar-refractivity contribution < 1.29 is 22.5 Å². The van der Waals surface area contributed by atoms with E-state index in [9.17, 15) is 18.0 Å². The lowest BCUT2D eigenvalue weighted by Crippen LogP contribution is -2.18. The summed E-state index contributed by atoms with van der Waals surface area (Å²) >= 11 is 0. The lowest BCUT2D eigenvalue weighted by molar-refractivity contribution is -0.137. The zero-order valence-electron chi connectivity index (χ0n) is 23.4. The summed E-state index contributed by atoms with van der Waals surface area (Å²) in [6.07, 6.45) is 1.22. The number of anilines is 4. The number of benzene rings is 2. The van der Waals surface area contributed by atoms with Crippen LogP contribution < -0.4 is 10.6 Å². The van der Waals surface area contributed by atoms with Gasteiger partial charge < -0.3 is 20.1 Å². The van der Waals surface area contributed by atoms with Gasteiger partial charge in [0.2, 0.25) is 5.95 Å². The lowest BCUT2D eigenvalue weighted by atomic mass is 9.77. The van der Waals surface area contributed by atoms with E-state index < -0.39 is 17.6 Å². The fourth-order valence-electron chi connectivity index (χ4n) is 5.58. The van der Waals surface area contributed by atoms with Gasteiger partial charge in [-0.2, -0.15) is 18.2 Å². The van der Waals surface area contributed by atoms with E-state index in [4.69, 9.17) is 4.52 Å². The Morgan fingerprint density at radius 3 is 2.49 bits per heavy atom. The molecule has 1 aliphatic heterocycles. The average molecular weight is 586 g/mol. The number of alkyl halides is 3. The van der Waals surface area contributed by atoms with Gasteiger partial charge in [0.25, 0.3) is 5.91 Å². The number of nitrogens with one attached hydrogen (secondary N) is 2. The number of amides is 1. The van der Waals surface area contributed by atoms with Gasteiger partial charge in [-0.15, -0.1) is 0 Å². The number of carbonyl (C=O) groups is 1. The number of hydrogen-bond donors (Lipinski definition) is 2. The van der Waals surface area contributed by atoms with E-state index in [0.29, 0.717) is 50.7 Å². The third-order valence-electron chi connectivity index (χ3n) is 7.84. The van der Waals surface area contributed by atoms with Crippen LogP contribution in [0.4, 0.5) is 36.3 Å². The molecule has 41 heavy (non-hydrogen) atoms. The highest BCUT2D eigenvalue weighted by molar-refractivity contribution is 7.31. The highest BCUT2D eigenvalue weighted by Gasteiger charge is 2.37. The van der Waals surface area contributed by atoms with Gasteiger partial charge in [-0.25, -0.2) is 4.98 Å². The van der Waals surface area contributed by atoms with Gasteiger partial charge in [0.05, 0.1) is 11.3 Å². The van der Waals surface area contributed by atoms with Crippen molar-refractivity contribution in [1.82, 2.24) is 14.9 Å². The third kappa shape index (κ3) is 6.65. The van der Waals surface area contributed by atoms with Gasteiger partial charge in [-0.1, -0.05) is 38.0 Å². The fourth-order valence-corrected chi connectivity index (χ4v) is 6.29. The smallest absolute Gasteiger partial charge is 0.362 e. The molecule has 218 valence electrons. The predicted molar refractivity (Wildman–Crippen MR) is 156 cm³/mol. The second-order valence-electron chi connectivity index (χ2n) is 10.8. The second-order valence-corrected chi connectivity index (χ2v) is 11.8. The molecule has 3 aromatic rings. The molecule has 1 atom stereocenters. The molecule has 2 aliphatic rings. The van der Waals surface area contributed by atoms with Gasteiger partial charge in [-0.3, -0.25) is 4.79 Å². The van der Waals surface area contributed by atoms with Crippen molar-refractivity contribution in [3.8, 4) is 0 Å². The number of fused-ring (bicyclic) bond motifs is 1. The second kappa shape index (κ2) is 12.3. The summed E-state index contributed by atoms with van der Waals surface area (Å²) in [4.78, 5) is 23.0. The van der Waals surface area contributed by atoms with Crippen LogP contribution in [0.2, 0.25) is 0 Å². The Labute approximate surface area is 240 Å². The number of halogens is 3. The quantitative estimate of drug-likeness (QED) is 0.196. The van der Waals surface area contributed by atoms with Crippen LogP contribution in [0, 0.1) is 5.92 Å². The van der Waals surface area contributed by atoms with Crippen LogP contribution in [0.1, 0.15) is 78.1 Å². The van der Waals surface area contributed by atoms with Crippen molar-refractivity contribution in [3.05, 3.63) is 70.4 Å². The van der Waals surface area contributed by atoms with Gasteiger partial charge >= 0.3 is 6.18 Å². The minimum Gasteiger partial charge on any atom is -0.362 e. The van der Waals surface area contributed by atoms with E-state index >= 15 is 0 Å². The van der Waals surface area contributed by atoms with Crippen molar-refractivity contribution in [2.45, 2.75) is 64.3 Å². The van der Waals surface area contributed by atoms with Crippen LogP contribution >= 0.6 is 8.81 Å². The van der Waals surface area contributed by atoms with Gasteiger partial charge in [0.15, 0.2) is 0 Å². The predicted octanol–water partition coefficient (Wildman–Crippen LogP) is 7.99. The molecule has 1 aromatic heterocycles. The fraction of sp³-hybridized carbons (Fsp3) is 0.433. The first kappa shape index (κ1) is 29.3. The largest absolute Gasteiger partial charge is 0.421 e. The summed E-state index contributed by atoms with van der Waals surface area (Å²) in [5, 5.41) is 5.85. The topological polar surface area (TPSA) is 79.4 Å². The van der Waals surface area contributed by atoms with Crippen molar-refractivity contribution in [2.75, 3.05) is 24.3 Å². The molecule has 0 bridgehead atoms. The lowest BCUT2D eigenvalue weighted by Gasteiger charge is -2.28. The van der Waals surface area contributed by atoms with E-state index in [0.717, 1.165) is 54.7 Å². The van der Waals surface area contributed by atoms with Crippen molar-refractivity contribution in [1.29, 1.82) is 0 Å². The molecule has 5 rings (SSSR count). The molecule has 2 heterocycles. The summed E-state index contributed by atoms with van der Waals surface area (Å²) in [7, 11) is 2.09. The first-order valence-electron chi connectivity index (χ1n) is 14.0. The monoisotopic (exact) mass is 585 g/mol. The molecule has 0 radical (unpaired) electrons. The van der Waals surface area contributed by atoms with Crippen molar-refractivity contribution in [2.24, 2.45) is 5.92 Å². The molecule has 0 spiro atoms. The number of nitrogens with zero attached hydrogens (tertiary/aromatic N) is 3. The molecule has 1 aliphatic carbocycles. The molecule has 1 unspecified atom stereocenters. The van der Waals surface area contributed by atoms with E-state index in [-0.39, 0.29) is 11.9 Å². The first-order chi connectivity index (χ1) is 19.6. The maximum atomic E-state index is 14.0. The van der Waals surface area contributed by atoms with Crippen LogP contribution in [0.5, 0.6) is 0 Å². The minimum absolute atomic E-state index is 0.0116. The zero-order chi connectivity index (χ0) is 29.1. The minimum atomic E-state index is -4.69. The molecular weight excluding hydrogens is 550 g/mol. The Morgan fingerprint density at radius 2 is 1.80 bits per heavy atom. The third-order valence-corrected chi connectivity index (χ3v) is 8.89. The zero-order valence-corrected chi connectivity index (χ0v) is 24.4. The molecule has 1 saturated carbocycles. The highest BCUT2D eigenvalue weighted by Crippen LogP contribution is 2.43. The average Bonchev–Trinajstić information content (AvgIpc) is 3.24. The highest BCUT2D eigenvalue weighted by atomic mass is 31.1. The maximum Gasteiger partial charge on any atom is 0.421 e. The van der Waals surface area contributed by atoms with Crippen LogP contribution in [-0.4, -0.2) is 34.4 Å². The molecule has 2 N–H and O–H groups in total. The van der Waals surface area contributed by atoms with E-state index in [1.54, 1.807) is 18.0 Å². The van der Waals surface area contributed by atoms with Crippen molar-refractivity contribution in [3.63, 3.8) is 0 Å². The molecule has 1 amide bonds. The maximum absolute atomic E-state index is 14.0. The standard InChI is InChI=1S/C30H35F3N5O2P/c1-4-40-41-17-19-7-11-21(12-8-19)35-29-34-15-24(30(31,32)33)27(37-29)36-25-14-13-22(20-9-5-18(2)6-10-20)23-16-38(3)28(39)26(23)25/h7-8,11-15,18,20,41H,4-6,9-10,16-17H2,1-3H3,(H2,34,35,36,37). The molecule has 1 fully saturated rings. The van der Waals surface area contributed by atoms with Crippen LogP contribution in [0.25, 0.3) is 0 Å². The first-order valence-corrected chi connectivity index (χ1v) is 15.1. The summed E-state index contributed by atoms with van der Waals surface area (Å²) < 4.78 is 47.4. The normalized spacial score (nSPS) is 19.2. The van der Waals surface area contributed by atoms with E-state index in [1.165, 1.54) is 0 Å². The molecule has 2 aromatic carbocycles. The number of hydrogen-bond acceptors (Lipinski definition) is 6. The van der Waals surface area contributed by atoms with E-state index in [2.05, 4.69) is 27.5 Å². The SMILES string of the molecule is CCOPCc1ccc(Nc2ncc(C(F)(F)F)c(Nc3ccc(C4CCC(C)CC4)c4c3C(=O)N(C)C4)n2)cc1. The summed E-state index contributed by atoms with van der Waals surface area (Å²) in [5.74, 6) is 0.426. The molecular formula is C30H35F3N5O2P. The Hall–Kier alpha value is -3.23. The Kier molecular flexibility index (Phi) is 8.80. The summed E-state index contributed by atoms with van der Waals surface area (Å²) in [5.41, 5.74) is 3.49. The molecule has 11 heteroatoms. The molecule has 0 saturated heterocycles. The Morgan fingerprint density at radius 1 is 1.07 bits per heavy atom. The number of carbonyl (C=O) groups excluding carboxylic acids is 1. The van der Waals surface area contributed by atoms with Gasteiger partial charge in [0, 0.05) is 47.1 Å². The summed E-state index contributed by atoms with van der Waals surface area (Å²) in [6.45, 7) is 5.31. The van der Waals surface area contributed by atoms with Gasteiger partial charge in [0.1, 0.15) is 11.4 Å². The van der Waals surface area contributed by atoms with Crippen LogP contribution in [0.3, 0.4) is 0 Å². The van der Waals surface area contributed by atoms with Crippen LogP contribution in [0.15, 0.2) is 42.6 Å². The van der Waals surface area contributed by atoms with Gasteiger partial charge in [-0.05, 0) is 66.5 Å². The number of rotatable bonds is 9. The summed E-state index contributed by atoms with van der Waals surface area (Å²) in [6, 6.07) is 11.2. The molecule has 7 nitrogen and oxygen atoms in total. The van der Waals surface area contributed by atoms with E-state index in [1.807, 2.05) is 37.3 Å². The number of aromatic nitrogens is 2. The van der Waals surface area contributed by atoms with Crippen molar-refractivity contribution >= 4 is 37.9 Å². The van der Waals surface area contributed by atoms with Crippen LogP contribution in [-0.2, 0) is 23.4 Å². The Bertz CT molecular complexity index is 1390. The Balaban J connectivity index is 1.44.